The predicted octanol–water partition coefficient (Wildman–Crippen LogP) is 2.05. The van der Waals surface area contributed by atoms with Crippen LogP contribution < -0.4 is 4.90 Å². The van der Waals surface area contributed by atoms with Crippen LogP contribution in [-0.2, 0) is 9.59 Å². The fourth-order valence-electron chi connectivity index (χ4n) is 4.70. The van der Waals surface area contributed by atoms with Crippen molar-refractivity contribution >= 4 is 35.1 Å². The Kier molecular flexibility index (Phi) is 3.35. The molecule has 3 aliphatic heterocycles. The summed E-state index contributed by atoms with van der Waals surface area (Å²) in [6.07, 6.45) is 2.51. The van der Waals surface area contributed by atoms with Crippen molar-refractivity contribution in [1.82, 2.24) is 9.80 Å². The van der Waals surface area contributed by atoms with E-state index in [1.807, 2.05) is 11.0 Å². The molecule has 4 aliphatic rings. The third-order valence-electron chi connectivity index (χ3n) is 6.19. The average molecular weight is 385 g/mol. The van der Waals surface area contributed by atoms with Gasteiger partial charge < -0.3 is 9.80 Å². The van der Waals surface area contributed by atoms with Crippen molar-refractivity contribution in [2.45, 2.75) is 44.3 Å². The van der Waals surface area contributed by atoms with Gasteiger partial charge in [0.05, 0.1) is 28.4 Å². The summed E-state index contributed by atoms with van der Waals surface area (Å²) in [4.78, 5) is 43.4. The highest BCUT2D eigenvalue weighted by Crippen LogP contribution is 2.45. The largest absolute Gasteiger partial charge is 0.335 e. The van der Waals surface area contributed by atoms with Crippen molar-refractivity contribution in [3.63, 3.8) is 0 Å². The van der Waals surface area contributed by atoms with Crippen molar-refractivity contribution in [3.8, 4) is 6.07 Å². The molecule has 3 atom stereocenters. The van der Waals surface area contributed by atoms with Gasteiger partial charge in [0.25, 0.3) is 5.91 Å². The number of fused-ring (bicyclic) bond motifs is 5. The minimum absolute atomic E-state index is 0.0979. The fourth-order valence-corrected chi connectivity index (χ4v) is 4.90. The smallest absolute Gasteiger partial charge is 0.332 e. The van der Waals surface area contributed by atoms with Gasteiger partial charge in [0.15, 0.2) is 0 Å². The molecule has 2 bridgehead atoms. The van der Waals surface area contributed by atoms with Crippen LogP contribution in [0.2, 0.25) is 5.02 Å². The van der Waals surface area contributed by atoms with E-state index in [1.165, 1.54) is 6.07 Å². The molecule has 0 radical (unpaired) electrons. The lowest BCUT2D eigenvalue weighted by Crippen LogP contribution is -2.55. The van der Waals surface area contributed by atoms with Gasteiger partial charge in [0.1, 0.15) is 12.1 Å². The maximum absolute atomic E-state index is 13.2. The average Bonchev–Trinajstić information content (AvgIpc) is 3.25. The number of hydrogen-bond acceptors (Lipinski definition) is 4. The Morgan fingerprint density at radius 1 is 1.30 bits per heavy atom. The molecule has 5 rings (SSSR count). The van der Waals surface area contributed by atoms with E-state index in [0.717, 1.165) is 17.7 Å². The third kappa shape index (κ3) is 2.10. The van der Waals surface area contributed by atoms with E-state index in [1.54, 1.807) is 17.9 Å². The fraction of sp³-hybridized carbons (Fsp3) is 0.474. The monoisotopic (exact) mass is 384 g/mol. The topological polar surface area (TPSA) is 84.7 Å². The normalized spacial score (nSPS) is 28.8. The number of likely N-dealkylation sites (tertiary alicyclic amines) is 1. The molecule has 4 fully saturated rings. The summed E-state index contributed by atoms with van der Waals surface area (Å²) in [7, 11) is 0. The van der Waals surface area contributed by atoms with E-state index in [2.05, 4.69) is 0 Å². The first kappa shape index (κ1) is 16.6. The maximum atomic E-state index is 13.2. The number of halogens is 1. The van der Waals surface area contributed by atoms with Gasteiger partial charge in [-0.25, -0.2) is 9.69 Å². The summed E-state index contributed by atoms with van der Waals surface area (Å²) in [5.74, 6) is -0.0937. The van der Waals surface area contributed by atoms with Crippen LogP contribution >= 0.6 is 11.6 Å². The number of anilines is 1. The van der Waals surface area contributed by atoms with Crippen LogP contribution in [0, 0.1) is 24.2 Å². The van der Waals surface area contributed by atoms with Gasteiger partial charge in [-0.2, -0.15) is 5.26 Å². The first-order chi connectivity index (χ1) is 12.9. The lowest BCUT2D eigenvalue weighted by molar-refractivity contribution is -0.136. The number of nitriles is 1. The van der Waals surface area contributed by atoms with Gasteiger partial charge >= 0.3 is 6.03 Å². The van der Waals surface area contributed by atoms with E-state index in [9.17, 15) is 14.4 Å². The van der Waals surface area contributed by atoms with Crippen LogP contribution in [0.4, 0.5) is 10.5 Å². The van der Waals surface area contributed by atoms with Gasteiger partial charge in [-0.05, 0) is 43.9 Å². The standard InChI is InChI=1S/C19H17ClN4O3/c1-9-13(5-4-11(7-21)15(9)20)24-18(26)16-14-6-12(23(16)19(24)27)8-22(14)17(25)10-2-3-10/h4-5,10,12,14,16H,2-3,6,8H2,1H3. The summed E-state index contributed by atoms with van der Waals surface area (Å²) in [6.45, 7) is 2.20. The van der Waals surface area contributed by atoms with Crippen LogP contribution in [0.3, 0.4) is 0 Å². The number of benzene rings is 1. The zero-order valence-corrected chi connectivity index (χ0v) is 15.4. The SMILES string of the molecule is Cc1c(N2C(=O)C3C4CC(CN4C(=O)C4CC4)N3C2=O)ccc(C#N)c1Cl. The van der Waals surface area contributed by atoms with Crippen molar-refractivity contribution < 1.29 is 14.4 Å². The minimum atomic E-state index is -0.618. The summed E-state index contributed by atoms with van der Waals surface area (Å²) in [5, 5.41) is 9.36. The number of carbonyl (C=O) groups is 3. The Balaban J connectivity index is 1.50. The van der Waals surface area contributed by atoms with Crippen LogP contribution in [0.5, 0.6) is 0 Å². The quantitative estimate of drug-likeness (QED) is 0.730. The molecule has 1 aromatic carbocycles. The number of hydrogen-bond donors (Lipinski definition) is 0. The first-order valence-electron chi connectivity index (χ1n) is 9.10. The number of rotatable bonds is 2. The van der Waals surface area contributed by atoms with Gasteiger partial charge in [0, 0.05) is 12.5 Å². The Hall–Kier alpha value is -2.59. The molecule has 1 aliphatic carbocycles. The van der Waals surface area contributed by atoms with Gasteiger partial charge in [-0.15, -0.1) is 0 Å². The van der Waals surface area contributed by atoms with Gasteiger partial charge in [0.2, 0.25) is 5.91 Å². The number of carbonyl (C=O) groups excluding carboxylic acids is 3. The van der Waals surface area contributed by atoms with Crippen molar-refractivity contribution in [2.24, 2.45) is 5.92 Å². The highest BCUT2D eigenvalue weighted by Gasteiger charge is 2.63. The molecule has 4 amide bonds. The summed E-state index contributed by atoms with van der Waals surface area (Å²) in [5.41, 5.74) is 1.23. The van der Waals surface area contributed by atoms with Crippen molar-refractivity contribution in [3.05, 3.63) is 28.3 Å². The van der Waals surface area contributed by atoms with E-state index in [4.69, 9.17) is 16.9 Å². The molecule has 1 saturated carbocycles. The van der Waals surface area contributed by atoms with E-state index in [0.29, 0.717) is 29.8 Å². The van der Waals surface area contributed by atoms with E-state index in [-0.39, 0.29) is 40.9 Å². The summed E-state index contributed by atoms with van der Waals surface area (Å²) < 4.78 is 0. The molecule has 1 aromatic rings. The highest BCUT2D eigenvalue weighted by molar-refractivity contribution is 6.33. The Morgan fingerprint density at radius 2 is 2.04 bits per heavy atom. The number of urea groups is 1. The van der Waals surface area contributed by atoms with Crippen LogP contribution in [0.1, 0.15) is 30.4 Å². The second-order valence-electron chi connectivity index (χ2n) is 7.71. The molecule has 0 aromatic heterocycles. The summed E-state index contributed by atoms with van der Waals surface area (Å²) >= 11 is 6.23. The van der Waals surface area contributed by atoms with Crippen molar-refractivity contribution in [1.29, 1.82) is 5.26 Å². The molecule has 0 N–H and O–H groups in total. The second-order valence-corrected chi connectivity index (χ2v) is 8.09. The lowest BCUT2D eigenvalue weighted by atomic mass is 10.1. The second kappa shape index (κ2) is 5.46. The number of amides is 4. The predicted molar refractivity (Wildman–Crippen MR) is 96.0 cm³/mol. The molecular weight excluding hydrogens is 368 g/mol. The Labute approximate surface area is 161 Å². The minimum Gasteiger partial charge on any atom is -0.335 e. The molecule has 3 unspecified atom stereocenters. The number of imide groups is 1. The van der Waals surface area contributed by atoms with E-state index >= 15 is 0 Å². The maximum Gasteiger partial charge on any atom is 0.332 e. The molecular formula is C19H17ClN4O3. The Bertz CT molecular complexity index is 951. The number of nitrogens with zero attached hydrogens (tertiary/aromatic N) is 4. The zero-order chi connectivity index (χ0) is 19.0. The van der Waals surface area contributed by atoms with Crippen LogP contribution in [-0.4, -0.2) is 52.3 Å². The molecule has 7 nitrogen and oxygen atoms in total. The Morgan fingerprint density at radius 3 is 2.70 bits per heavy atom. The van der Waals surface area contributed by atoms with Crippen molar-refractivity contribution in [2.75, 3.05) is 11.4 Å². The van der Waals surface area contributed by atoms with E-state index < -0.39 is 6.04 Å². The third-order valence-corrected chi connectivity index (χ3v) is 6.68. The first-order valence-corrected chi connectivity index (χ1v) is 9.47. The molecule has 27 heavy (non-hydrogen) atoms. The van der Waals surface area contributed by atoms with Gasteiger partial charge in [-0.3, -0.25) is 9.59 Å². The molecule has 8 heteroatoms. The number of piperazine rings is 1. The summed E-state index contributed by atoms with van der Waals surface area (Å²) in [6, 6.07) is 3.78. The van der Waals surface area contributed by atoms with Crippen LogP contribution in [0.15, 0.2) is 12.1 Å². The molecule has 3 saturated heterocycles. The molecule has 3 heterocycles. The molecule has 0 spiro atoms. The zero-order valence-electron chi connectivity index (χ0n) is 14.7. The van der Waals surface area contributed by atoms with Gasteiger partial charge in [-0.1, -0.05) is 11.6 Å². The van der Waals surface area contributed by atoms with Crippen LogP contribution in [0.25, 0.3) is 0 Å². The molecule has 138 valence electrons. The lowest BCUT2D eigenvalue weighted by Gasteiger charge is -2.35. The highest BCUT2D eigenvalue weighted by atomic mass is 35.5.